The molecule has 1 fully saturated rings. The molecule has 0 bridgehead atoms. The number of imide groups is 1. The summed E-state index contributed by atoms with van der Waals surface area (Å²) in [6, 6.07) is 20.3. The van der Waals surface area contributed by atoms with Crippen LogP contribution >= 0.6 is 7.92 Å². The lowest BCUT2D eigenvalue weighted by molar-refractivity contribution is -0.136. The summed E-state index contributed by atoms with van der Waals surface area (Å²) in [7, 11) is -0.564. The summed E-state index contributed by atoms with van der Waals surface area (Å²) in [4.78, 5) is 31.0. The van der Waals surface area contributed by atoms with Gasteiger partial charge in [0.05, 0.1) is 0 Å². The SMILES string of the molecule is O=C(O)CCP(c1ccccc1)c1ccccc1.O=C1CCC(=O)N1. The van der Waals surface area contributed by atoms with Gasteiger partial charge in [-0.15, -0.1) is 0 Å². The van der Waals surface area contributed by atoms with Gasteiger partial charge in [0.15, 0.2) is 0 Å². The van der Waals surface area contributed by atoms with E-state index < -0.39 is 13.9 Å². The number of carboxylic acids is 1. The van der Waals surface area contributed by atoms with Crippen LogP contribution in [0.3, 0.4) is 0 Å². The molecular formula is C19H20NO4P. The maximum absolute atomic E-state index is 10.8. The van der Waals surface area contributed by atoms with Gasteiger partial charge in [-0.1, -0.05) is 60.7 Å². The van der Waals surface area contributed by atoms with Crippen LogP contribution in [0.2, 0.25) is 0 Å². The normalized spacial score (nSPS) is 13.2. The summed E-state index contributed by atoms with van der Waals surface area (Å²) >= 11 is 0. The van der Waals surface area contributed by atoms with Crippen molar-refractivity contribution in [3.05, 3.63) is 60.7 Å². The Balaban J connectivity index is 0.000000269. The molecule has 5 nitrogen and oxygen atoms in total. The molecule has 2 aromatic rings. The summed E-state index contributed by atoms with van der Waals surface area (Å²) in [5.41, 5.74) is 0. The van der Waals surface area contributed by atoms with E-state index in [-0.39, 0.29) is 18.2 Å². The number of aliphatic carboxylic acids is 1. The topological polar surface area (TPSA) is 83.5 Å². The fraction of sp³-hybridized carbons (Fsp3) is 0.211. The van der Waals surface area contributed by atoms with Crippen molar-refractivity contribution in [2.24, 2.45) is 0 Å². The Bertz CT molecular complexity index is 665. The molecule has 0 atom stereocenters. The van der Waals surface area contributed by atoms with Gasteiger partial charge in [-0.3, -0.25) is 19.7 Å². The smallest absolute Gasteiger partial charge is 0.303 e. The van der Waals surface area contributed by atoms with E-state index >= 15 is 0 Å². The minimum absolute atomic E-state index is 0.148. The van der Waals surface area contributed by atoms with Crippen LogP contribution in [-0.2, 0) is 14.4 Å². The first-order valence-corrected chi connectivity index (χ1v) is 9.51. The Morgan fingerprint density at radius 1 is 0.880 bits per heavy atom. The van der Waals surface area contributed by atoms with Crippen LogP contribution in [0.4, 0.5) is 0 Å². The van der Waals surface area contributed by atoms with Crippen LogP contribution in [0.5, 0.6) is 0 Å². The van der Waals surface area contributed by atoms with E-state index in [1.54, 1.807) is 0 Å². The van der Waals surface area contributed by atoms with Crippen LogP contribution in [0.15, 0.2) is 60.7 Å². The van der Waals surface area contributed by atoms with Crippen LogP contribution in [-0.4, -0.2) is 29.1 Å². The minimum Gasteiger partial charge on any atom is -0.481 e. The van der Waals surface area contributed by atoms with Crippen LogP contribution in [0.25, 0.3) is 0 Å². The molecule has 0 aromatic heterocycles. The Labute approximate surface area is 147 Å². The average molecular weight is 357 g/mol. The summed E-state index contributed by atoms with van der Waals surface area (Å²) in [5.74, 6) is -1.02. The van der Waals surface area contributed by atoms with Gasteiger partial charge in [0.1, 0.15) is 0 Å². The third-order valence-corrected chi connectivity index (χ3v) is 6.06. The van der Waals surface area contributed by atoms with Gasteiger partial charge < -0.3 is 5.11 Å². The average Bonchev–Trinajstić information content (AvgIpc) is 3.00. The lowest BCUT2D eigenvalue weighted by Crippen LogP contribution is -2.18. The highest BCUT2D eigenvalue weighted by molar-refractivity contribution is 7.73. The zero-order chi connectivity index (χ0) is 18.1. The number of carbonyl (C=O) groups excluding carboxylic acids is 2. The third kappa shape index (κ3) is 6.48. The molecule has 2 N–H and O–H groups in total. The number of hydrogen-bond acceptors (Lipinski definition) is 3. The van der Waals surface area contributed by atoms with E-state index in [1.165, 1.54) is 10.6 Å². The van der Waals surface area contributed by atoms with Gasteiger partial charge in [0.2, 0.25) is 11.8 Å². The van der Waals surface area contributed by atoms with Gasteiger partial charge in [-0.2, -0.15) is 0 Å². The van der Waals surface area contributed by atoms with Crippen molar-refractivity contribution in [2.75, 3.05) is 6.16 Å². The first-order valence-electron chi connectivity index (χ1n) is 7.98. The van der Waals surface area contributed by atoms with Gasteiger partial charge in [-0.05, 0) is 24.7 Å². The summed E-state index contributed by atoms with van der Waals surface area (Å²) in [5, 5.41) is 13.5. The molecule has 1 saturated heterocycles. The maximum Gasteiger partial charge on any atom is 0.303 e. The molecule has 2 aromatic carbocycles. The standard InChI is InChI=1S/C15H15O2P.C4H5NO2/c16-15(17)11-12-18(13-7-3-1-4-8-13)14-9-5-2-6-10-14;6-3-1-2-4(7)5-3/h1-10H,11-12H2,(H,16,17);1-2H2,(H,5,6,7). The van der Waals surface area contributed by atoms with Crippen LogP contribution < -0.4 is 15.9 Å². The Morgan fingerprint density at radius 3 is 1.64 bits per heavy atom. The third-order valence-electron chi connectivity index (χ3n) is 3.54. The van der Waals surface area contributed by atoms with Crippen molar-refractivity contribution in [1.29, 1.82) is 0 Å². The largest absolute Gasteiger partial charge is 0.481 e. The quantitative estimate of drug-likeness (QED) is 0.633. The monoisotopic (exact) mass is 357 g/mol. The van der Waals surface area contributed by atoms with E-state index in [1.807, 2.05) is 36.4 Å². The minimum atomic E-state index is -0.727. The molecule has 0 aliphatic carbocycles. The number of rotatable bonds is 5. The van der Waals surface area contributed by atoms with Crippen molar-refractivity contribution in [3.63, 3.8) is 0 Å². The molecule has 3 rings (SSSR count). The van der Waals surface area contributed by atoms with Crippen molar-refractivity contribution in [3.8, 4) is 0 Å². The fourth-order valence-corrected chi connectivity index (χ4v) is 4.63. The summed E-state index contributed by atoms with van der Waals surface area (Å²) in [6.45, 7) is 0. The van der Waals surface area contributed by atoms with E-state index in [0.717, 1.165) is 0 Å². The Kier molecular flexibility index (Phi) is 7.30. The second-order valence-electron chi connectivity index (χ2n) is 5.44. The molecule has 1 aliphatic heterocycles. The maximum atomic E-state index is 10.8. The van der Waals surface area contributed by atoms with Crippen molar-refractivity contribution in [2.45, 2.75) is 19.3 Å². The number of nitrogens with one attached hydrogen (secondary N) is 1. The number of carbonyl (C=O) groups is 3. The highest BCUT2D eigenvalue weighted by atomic mass is 31.1. The van der Waals surface area contributed by atoms with Gasteiger partial charge in [-0.25, -0.2) is 0 Å². The zero-order valence-electron chi connectivity index (χ0n) is 13.7. The first kappa shape index (κ1) is 18.8. The summed E-state index contributed by atoms with van der Waals surface area (Å²) < 4.78 is 0. The van der Waals surface area contributed by atoms with E-state index in [0.29, 0.717) is 19.0 Å². The number of carboxylic acid groups (broad SMARTS) is 1. The second kappa shape index (κ2) is 9.70. The molecule has 0 unspecified atom stereocenters. The molecule has 25 heavy (non-hydrogen) atoms. The molecule has 2 amide bonds. The zero-order valence-corrected chi connectivity index (χ0v) is 14.6. The predicted octanol–water partition coefficient (Wildman–Crippen LogP) is 2.02. The molecular weight excluding hydrogens is 337 g/mol. The highest BCUT2D eigenvalue weighted by Gasteiger charge is 2.16. The molecule has 1 aliphatic rings. The highest BCUT2D eigenvalue weighted by Crippen LogP contribution is 2.33. The Hall–Kier alpha value is -2.52. The molecule has 0 saturated carbocycles. The lowest BCUT2D eigenvalue weighted by atomic mass is 10.4. The first-order chi connectivity index (χ1) is 12.1. The molecule has 130 valence electrons. The van der Waals surface area contributed by atoms with Gasteiger partial charge in [0, 0.05) is 19.3 Å². The number of amides is 2. The van der Waals surface area contributed by atoms with E-state index in [2.05, 4.69) is 29.6 Å². The van der Waals surface area contributed by atoms with Crippen molar-refractivity contribution < 1.29 is 19.5 Å². The summed E-state index contributed by atoms with van der Waals surface area (Å²) in [6.07, 6.45) is 1.66. The van der Waals surface area contributed by atoms with Crippen molar-refractivity contribution >= 4 is 36.3 Å². The molecule has 0 spiro atoms. The molecule has 0 radical (unpaired) electrons. The van der Waals surface area contributed by atoms with E-state index in [4.69, 9.17) is 5.11 Å². The number of hydrogen-bond donors (Lipinski definition) is 2. The second-order valence-corrected chi connectivity index (χ2v) is 7.77. The van der Waals surface area contributed by atoms with E-state index in [9.17, 15) is 14.4 Å². The lowest BCUT2D eigenvalue weighted by Gasteiger charge is -2.17. The van der Waals surface area contributed by atoms with Gasteiger partial charge in [0.25, 0.3) is 0 Å². The Morgan fingerprint density at radius 2 is 1.32 bits per heavy atom. The van der Waals surface area contributed by atoms with Crippen LogP contribution in [0, 0.1) is 0 Å². The molecule has 1 heterocycles. The predicted molar refractivity (Wildman–Crippen MR) is 98.6 cm³/mol. The van der Waals surface area contributed by atoms with Crippen LogP contribution in [0.1, 0.15) is 19.3 Å². The fourth-order valence-electron chi connectivity index (χ4n) is 2.34. The molecule has 6 heteroatoms. The van der Waals surface area contributed by atoms with Gasteiger partial charge >= 0.3 is 5.97 Å². The number of benzene rings is 2. The van der Waals surface area contributed by atoms with Crippen molar-refractivity contribution in [1.82, 2.24) is 5.32 Å².